The van der Waals surface area contributed by atoms with E-state index in [1.807, 2.05) is 91.0 Å². The van der Waals surface area contributed by atoms with Gasteiger partial charge in [0.1, 0.15) is 11.2 Å². The molecule has 0 atom stereocenters. The van der Waals surface area contributed by atoms with Crippen molar-refractivity contribution in [2.24, 2.45) is 0 Å². The summed E-state index contributed by atoms with van der Waals surface area (Å²) in [5, 5.41) is 2.09. The van der Waals surface area contributed by atoms with Crippen LogP contribution >= 0.6 is 0 Å². The largest absolute Gasteiger partial charge is 0.456 e. The van der Waals surface area contributed by atoms with Gasteiger partial charge in [0.15, 0.2) is 17.5 Å². The van der Waals surface area contributed by atoms with Gasteiger partial charge in [-0.15, -0.1) is 6.58 Å². The van der Waals surface area contributed by atoms with Crippen LogP contribution in [-0.4, -0.2) is 15.0 Å². The Kier molecular flexibility index (Phi) is 4.96. The molecule has 4 heteroatoms. The van der Waals surface area contributed by atoms with Crippen LogP contribution in [0.1, 0.15) is 5.56 Å². The molecule has 0 saturated carbocycles. The van der Waals surface area contributed by atoms with E-state index in [1.54, 1.807) is 0 Å². The first-order chi connectivity index (χ1) is 16.8. The molecular weight excluding hydrogens is 418 g/mol. The Morgan fingerprint density at radius 1 is 0.588 bits per heavy atom. The molecule has 0 amide bonds. The Labute approximate surface area is 197 Å². The van der Waals surface area contributed by atoms with Crippen molar-refractivity contribution in [3.05, 3.63) is 115 Å². The molecule has 0 N–H and O–H groups in total. The van der Waals surface area contributed by atoms with Gasteiger partial charge in [-0.3, -0.25) is 0 Å². The molecule has 2 heterocycles. The van der Waals surface area contributed by atoms with Gasteiger partial charge in [0.25, 0.3) is 0 Å². The molecule has 6 aromatic rings. The highest BCUT2D eigenvalue weighted by Gasteiger charge is 2.18. The predicted octanol–water partition coefficient (Wildman–Crippen LogP) is 7.50. The van der Waals surface area contributed by atoms with Crippen LogP contribution in [-0.2, 0) is 6.42 Å². The van der Waals surface area contributed by atoms with Crippen LogP contribution in [0.25, 0.3) is 56.1 Å². The van der Waals surface area contributed by atoms with Gasteiger partial charge in [-0.2, -0.15) is 0 Å². The minimum atomic E-state index is 0.620. The van der Waals surface area contributed by atoms with Crippen molar-refractivity contribution in [3.8, 4) is 34.2 Å². The van der Waals surface area contributed by atoms with E-state index in [9.17, 15) is 0 Å². The summed E-state index contributed by atoms with van der Waals surface area (Å²) in [6.07, 6.45) is 2.67. The highest BCUT2D eigenvalue weighted by molar-refractivity contribution is 6.13. The summed E-state index contributed by atoms with van der Waals surface area (Å²) in [5.74, 6) is 1.90. The Hall–Kier alpha value is -4.57. The molecule has 0 saturated heterocycles. The number of aromatic nitrogens is 3. The number of nitrogens with zero attached hydrogens (tertiary/aromatic N) is 3. The topological polar surface area (TPSA) is 51.8 Å². The van der Waals surface area contributed by atoms with Crippen molar-refractivity contribution in [1.82, 2.24) is 15.0 Å². The van der Waals surface area contributed by atoms with E-state index in [2.05, 4.69) is 18.7 Å². The number of benzene rings is 4. The lowest BCUT2D eigenvalue weighted by molar-refractivity contribution is 0.669. The minimum Gasteiger partial charge on any atom is -0.456 e. The van der Waals surface area contributed by atoms with Crippen LogP contribution in [0.2, 0.25) is 0 Å². The van der Waals surface area contributed by atoms with Gasteiger partial charge in [0, 0.05) is 27.5 Å². The molecule has 0 aliphatic heterocycles. The van der Waals surface area contributed by atoms with Crippen molar-refractivity contribution >= 4 is 21.9 Å². The van der Waals surface area contributed by atoms with E-state index in [0.29, 0.717) is 17.5 Å². The summed E-state index contributed by atoms with van der Waals surface area (Å²) in [4.78, 5) is 14.7. The highest BCUT2D eigenvalue weighted by Crippen LogP contribution is 2.38. The van der Waals surface area contributed by atoms with E-state index >= 15 is 0 Å². The first-order valence-corrected chi connectivity index (χ1v) is 11.2. The molecule has 2 aromatic heterocycles. The predicted molar refractivity (Wildman–Crippen MR) is 137 cm³/mol. The van der Waals surface area contributed by atoms with E-state index in [-0.39, 0.29) is 0 Å². The Bertz CT molecular complexity index is 1580. The van der Waals surface area contributed by atoms with Crippen LogP contribution < -0.4 is 0 Å². The van der Waals surface area contributed by atoms with Crippen molar-refractivity contribution in [1.29, 1.82) is 0 Å². The first-order valence-electron chi connectivity index (χ1n) is 11.2. The number of rotatable bonds is 5. The zero-order valence-electron chi connectivity index (χ0n) is 18.5. The van der Waals surface area contributed by atoms with Gasteiger partial charge in [-0.1, -0.05) is 91.0 Å². The van der Waals surface area contributed by atoms with E-state index in [1.165, 1.54) is 5.56 Å². The lowest BCUT2D eigenvalue weighted by Gasteiger charge is -2.09. The molecule has 0 unspecified atom stereocenters. The number of furan rings is 1. The minimum absolute atomic E-state index is 0.620. The molecule has 0 radical (unpaired) electrons. The molecular formula is C30H21N3O. The number of fused-ring (bicyclic) bond motifs is 3. The summed E-state index contributed by atoms with van der Waals surface area (Å²) in [7, 11) is 0. The van der Waals surface area contributed by atoms with Crippen LogP contribution in [0.15, 0.2) is 114 Å². The van der Waals surface area contributed by atoms with Crippen molar-refractivity contribution in [3.63, 3.8) is 0 Å². The zero-order chi connectivity index (χ0) is 22.9. The third-order valence-corrected chi connectivity index (χ3v) is 5.91. The van der Waals surface area contributed by atoms with E-state index in [4.69, 9.17) is 19.4 Å². The number of hydrogen-bond donors (Lipinski definition) is 0. The van der Waals surface area contributed by atoms with Crippen LogP contribution in [0.5, 0.6) is 0 Å². The fourth-order valence-corrected chi connectivity index (χ4v) is 4.38. The van der Waals surface area contributed by atoms with Crippen molar-refractivity contribution in [2.75, 3.05) is 0 Å². The molecule has 162 valence electrons. The molecule has 0 aliphatic rings. The normalized spacial score (nSPS) is 11.2. The maximum atomic E-state index is 6.23. The van der Waals surface area contributed by atoms with Gasteiger partial charge in [-0.05, 0) is 24.1 Å². The monoisotopic (exact) mass is 439 g/mol. The standard InChI is InChI=1S/C30H21N3O/c1-2-11-20-16-9-18-24-26(20)27-23(17-10-19-25(27)34-24)30-32-28(21-12-5-3-6-13-21)31-29(33-30)22-14-7-4-8-15-22/h2-10,12-19H,1,11H2. The van der Waals surface area contributed by atoms with Gasteiger partial charge >= 0.3 is 0 Å². The Morgan fingerprint density at radius 2 is 1.15 bits per heavy atom. The third kappa shape index (κ3) is 3.46. The lowest BCUT2D eigenvalue weighted by Crippen LogP contribution is -2.00. The van der Waals surface area contributed by atoms with Crippen molar-refractivity contribution < 1.29 is 4.42 Å². The smallest absolute Gasteiger partial charge is 0.164 e. The van der Waals surface area contributed by atoms with Crippen LogP contribution in [0.4, 0.5) is 0 Å². The molecule has 6 rings (SSSR count). The average molecular weight is 440 g/mol. The average Bonchev–Trinajstić information content (AvgIpc) is 3.29. The highest BCUT2D eigenvalue weighted by atomic mass is 16.3. The molecule has 34 heavy (non-hydrogen) atoms. The molecule has 0 spiro atoms. The summed E-state index contributed by atoms with van der Waals surface area (Å²) in [5.41, 5.74) is 5.64. The zero-order valence-corrected chi connectivity index (χ0v) is 18.5. The van der Waals surface area contributed by atoms with Crippen LogP contribution in [0, 0.1) is 0 Å². The second-order valence-corrected chi connectivity index (χ2v) is 8.10. The summed E-state index contributed by atoms with van der Waals surface area (Å²) in [6, 6.07) is 32.2. The quantitative estimate of drug-likeness (QED) is 0.261. The lowest BCUT2D eigenvalue weighted by atomic mass is 10.00. The fourth-order valence-electron chi connectivity index (χ4n) is 4.38. The van der Waals surface area contributed by atoms with Crippen LogP contribution in [0.3, 0.4) is 0 Å². The van der Waals surface area contributed by atoms with Gasteiger partial charge < -0.3 is 4.42 Å². The molecule has 0 fully saturated rings. The van der Waals surface area contributed by atoms with E-state index < -0.39 is 0 Å². The second-order valence-electron chi connectivity index (χ2n) is 8.10. The summed E-state index contributed by atoms with van der Waals surface area (Å²) >= 11 is 0. The second kappa shape index (κ2) is 8.41. The summed E-state index contributed by atoms with van der Waals surface area (Å²) < 4.78 is 6.23. The molecule has 0 bridgehead atoms. The van der Waals surface area contributed by atoms with E-state index in [0.717, 1.165) is 45.0 Å². The molecule has 0 aliphatic carbocycles. The Balaban J connectivity index is 1.66. The Morgan fingerprint density at radius 3 is 1.76 bits per heavy atom. The fraction of sp³-hybridized carbons (Fsp3) is 0.0333. The first kappa shape index (κ1) is 20.1. The van der Waals surface area contributed by atoms with Crippen molar-refractivity contribution in [2.45, 2.75) is 6.42 Å². The molecule has 4 aromatic carbocycles. The number of allylic oxidation sites excluding steroid dienone is 1. The third-order valence-electron chi connectivity index (χ3n) is 5.91. The SMILES string of the molecule is C=CCc1cccc2oc3cccc(-c4nc(-c5ccccc5)nc(-c5ccccc5)n4)c3c12. The van der Waals surface area contributed by atoms with Gasteiger partial charge in [0.2, 0.25) is 0 Å². The molecule has 4 nitrogen and oxygen atoms in total. The number of hydrogen-bond acceptors (Lipinski definition) is 4. The maximum Gasteiger partial charge on any atom is 0.164 e. The summed E-state index contributed by atoms with van der Waals surface area (Å²) in [6.45, 7) is 3.93. The van der Waals surface area contributed by atoms with Gasteiger partial charge in [0.05, 0.1) is 0 Å². The maximum absolute atomic E-state index is 6.23. The van der Waals surface area contributed by atoms with Gasteiger partial charge in [-0.25, -0.2) is 15.0 Å².